The summed E-state index contributed by atoms with van der Waals surface area (Å²) in [5.41, 5.74) is 2.53. The average Bonchev–Trinajstić information content (AvgIpc) is 3.06. The first-order valence-corrected chi connectivity index (χ1v) is 8.91. The van der Waals surface area contributed by atoms with E-state index in [9.17, 15) is 4.79 Å². The monoisotopic (exact) mass is 384 g/mol. The zero-order valence-electron chi connectivity index (χ0n) is 16.5. The van der Waals surface area contributed by atoms with E-state index >= 15 is 0 Å². The predicted molar refractivity (Wildman–Crippen MR) is 105 cm³/mol. The molecule has 1 saturated heterocycles. The molecule has 0 saturated carbocycles. The van der Waals surface area contributed by atoms with Crippen LogP contribution < -0.4 is 18.9 Å². The summed E-state index contributed by atoms with van der Waals surface area (Å²) in [5.74, 6) is 2.25. The van der Waals surface area contributed by atoms with Crippen molar-refractivity contribution in [2.75, 3.05) is 35.0 Å². The van der Waals surface area contributed by atoms with Crippen molar-refractivity contribution in [2.45, 2.75) is 6.42 Å². The Bertz CT molecular complexity index is 887. The Morgan fingerprint density at radius 3 is 2.14 bits per heavy atom. The molecule has 1 aliphatic heterocycles. The third-order valence-corrected chi connectivity index (χ3v) is 4.75. The van der Waals surface area contributed by atoms with Gasteiger partial charge < -0.3 is 23.7 Å². The molecule has 2 aromatic rings. The third-order valence-electron chi connectivity index (χ3n) is 4.75. The minimum atomic E-state index is -0.291. The quantitative estimate of drug-likeness (QED) is 0.538. The zero-order chi connectivity index (χ0) is 20.1. The molecule has 148 valence electrons. The molecule has 1 aliphatic rings. The topological polar surface area (TPSA) is 63.2 Å². The number of benzene rings is 2. The molecule has 1 atom stereocenters. The summed E-state index contributed by atoms with van der Waals surface area (Å²) in [7, 11) is 6.37. The Morgan fingerprint density at radius 2 is 1.50 bits per heavy atom. The van der Waals surface area contributed by atoms with E-state index in [0.717, 1.165) is 11.1 Å². The molecule has 6 heteroatoms. The number of ether oxygens (including phenoxy) is 5. The van der Waals surface area contributed by atoms with Gasteiger partial charge in [-0.25, -0.2) is 4.79 Å². The fourth-order valence-electron chi connectivity index (χ4n) is 3.28. The lowest BCUT2D eigenvalue weighted by atomic mass is 9.92. The van der Waals surface area contributed by atoms with E-state index in [1.807, 2.05) is 42.5 Å². The first-order chi connectivity index (χ1) is 13.6. The van der Waals surface area contributed by atoms with Crippen LogP contribution in [0.4, 0.5) is 0 Å². The number of hydrogen-bond acceptors (Lipinski definition) is 6. The van der Waals surface area contributed by atoms with Crippen LogP contribution in [0.1, 0.15) is 11.1 Å². The molecule has 3 rings (SSSR count). The summed E-state index contributed by atoms with van der Waals surface area (Å²) in [6, 6.07) is 11.3. The Kier molecular flexibility index (Phi) is 6.09. The van der Waals surface area contributed by atoms with Gasteiger partial charge in [0, 0.05) is 11.5 Å². The number of esters is 1. The predicted octanol–water partition coefficient (Wildman–Crippen LogP) is 3.52. The van der Waals surface area contributed by atoms with Crippen molar-refractivity contribution in [3.63, 3.8) is 0 Å². The number of methoxy groups -OCH3 is 4. The minimum Gasteiger partial charge on any atom is -0.493 e. The maximum Gasteiger partial charge on any atom is 0.334 e. The van der Waals surface area contributed by atoms with E-state index in [1.54, 1.807) is 28.4 Å². The molecule has 0 unspecified atom stereocenters. The standard InChI is InChI=1S/C22H24O6/c1-24-18-7-5-14(11-20(18)26-3)9-16-13-28-22(23)17(16)10-15-6-8-19(25-2)21(12-15)27-4/h5-8,10-12,16H,9,13H2,1-4H3/b17-10+/t16-/m0/s1. The maximum atomic E-state index is 12.3. The van der Waals surface area contributed by atoms with Crippen molar-refractivity contribution < 1.29 is 28.5 Å². The van der Waals surface area contributed by atoms with E-state index in [2.05, 4.69) is 0 Å². The maximum absolute atomic E-state index is 12.3. The number of carbonyl (C=O) groups is 1. The van der Waals surface area contributed by atoms with E-state index in [4.69, 9.17) is 23.7 Å². The highest BCUT2D eigenvalue weighted by atomic mass is 16.5. The largest absolute Gasteiger partial charge is 0.493 e. The highest BCUT2D eigenvalue weighted by Crippen LogP contribution is 2.33. The van der Waals surface area contributed by atoms with Crippen molar-refractivity contribution in [3.05, 3.63) is 53.1 Å². The first kappa shape index (κ1) is 19.6. The van der Waals surface area contributed by atoms with Gasteiger partial charge in [-0.05, 0) is 47.9 Å². The SMILES string of the molecule is COc1ccc(/C=C2/C(=O)OC[C@@H]2Cc2ccc(OC)c(OC)c2)cc1OC. The molecular weight excluding hydrogens is 360 g/mol. The van der Waals surface area contributed by atoms with E-state index in [1.165, 1.54) is 0 Å². The normalized spacial score (nSPS) is 17.4. The van der Waals surface area contributed by atoms with Crippen LogP contribution in [0.3, 0.4) is 0 Å². The lowest BCUT2D eigenvalue weighted by Gasteiger charge is -2.12. The van der Waals surface area contributed by atoms with Gasteiger partial charge in [-0.1, -0.05) is 12.1 Å². The molecule has 28 heavy (non-hydrogen) atoms. The fourth-order valence-corrected chi connectivity index (χ4v) is 3.28. The van der Waals surface area contributed by atoms with E-state index < -0.39 is 0 Å². The Morgan fingerprint density at radius 1 is 0.893 bits per heavy atom. The molecule has 0 spiro atoms. The Hall–Kier alpha value is -3.15. The van der Waals surface area contributed by atoms with Crippen molar-refractivity contribution in [1.82, 2.24) is 0 Å². The summed E-state index contributed by atoms with van der Waals surface area (Å²) < 4.78 is 26.6. The van der Waals surface area contributed by atoms with Gasteiger partial charge in [-0.3, -0.25) is 0 Å². The molecule has 1 heterocycles. The van der Waals surface area contributed by atoms with Crippen LogP contribution in [0.5, 0.6) is 23.0 Å². The summed E-state index contributed by atoms with van der Waals surface area (Å²) in [5, 5.41) is 0. The molecule has 0 bridgehead atoms. The van der Waals surface area contributed by atoms with Crippen LogP contribution in [-0.2, 0) is 16.0 Å². The van der Waals surface area contributed by atoms with Crippen molar-refractivity contribution >= 4 is 12.0 Å². The highest BCUT2D eigenvalue weighted by molar-refractivity contribution is 5.96. The Labute approximate surface area is 164 Å². The number of hydrogen-bond donors (Lipinski definition) is 0. The number of carbonyl (C=O) groups excluding carboxylic acids is 1. The summed E-state index contributed by atoms with van der Waals surface area (Å²) in [6.07, 6.45) is 2.51. The van der Waals surface area contributed by atoms with Crippen LogP contribution in [0.15, 0.2) is 42.0 Å². The second-order valence-electron chi connectivity index (χ2n) is 6.40. The summed E-state index contributed by atoms with van der Waals surface area (Å²) in [4.78, 5) is 12.3. The second-order valence-corrected chi connectivity index (χ2v) is 6.40. The molecule has 1 fully saturated rings. The van der Waals surface area contributed by atoms with Gasteiger partial charge in [-0.15, -0.1) is 0 Å². The number of rotatable bonds is 7. The molecule has 2 aromatic carbocycles. The Balaban J connectivity index is 1.86. The first-order valence-electron chi connectivity index (χ1n) is 8.91. The molecule has 0 aliphatic carbocycles. The van der Waals surface area contributed by atoms with Crippen LogP contribution in [0, 0.1) is 5.92 Å². The summed E-state index contributed by atoms with van der Waals surface area (Å²) >= 11 is 0. The average molecular weight is 384 g/mol. The minimum absolute atomic E-state index is 0.0429. The lowest BCUT2D eigenvalue weighted by molar-refractivity contribution is -0.135. The van der Waals surface area contributed by atoms with Gasteiger partial charge in [0.15, 0.2) is 23.0 Å². The van der Waals surface area contributed by atoms with Crippen molar-refractivity contribution in [1.29, 1.82) is 0 Å². The van der Waals surface area contributed by atoms with Crippen LogP contribution in [0.25, 0.3) is 6.08 Å². The van der Waals surface area contributed by atoms with E-state index in [-0.39, 0.29) is 11.9 Å². The molecule has 0 amide bonds. The van der Waals surface area contributed by atoms with Crippen molar-refractivity contribution in [2.24, 2.45) is 5.92 Å². The fraction of sp³-hybridized carbons (Fsp3) is 0.318. The molecule has 0 radical (unpaired) electrons. The zero-order valence-corrected chi connectivity index (χ0v) is 16.5. The highest BCUT2D eigenvalue weighted by Gasteiger charge is 2.30. The molecule has 0 N–H and O–H groups in total. The summed E-state index contributed by atoms with van der Waals surface area (Å²) in [6.45, 7) is 0.353. The molecular formula is C22H24O6. The lowest BCUT2D eigenvalue weighted by Crippen LogP contribution is -2.08. The molecule has 0 aromatic heterocycles. The van der Waals surface area contributed by atoms with Gasteiger partial charge in [0.2, 0.25) is 0 Å². The number of cyclic esters (lactones) is 1. The van der Waals surface area contributed by atoms with Gasteiger partial charge in [0.25, 0.3) is 0 Å². The van der Waals surface area contributed by atoms with Gasteiger partial charge in [-0.2, -0.15) is 0 Å². The van der Waals surface area contributed by atoms with Crippen LogP contribution in [-0.4, -0.2) is 41.0 Å². The van der Waals surface area contributed by atoms with Gasteiger partial charge in [0.1, 0.15) is 0 Å². The van der Waals surface area contributed by atoms with Gasteiger partial charge in [0.05, 0.1) is 35.0 Å². The van der Waals surface area contributed by atoms with E-state index in [0.29, 0.717) is 41.6 Å². The molecule has 6 nitrogen and oxygen atoms in total. The third kappa shape index (κ3) is 4.06. The van der Waals surface area contributed by atoms with Crippen LogP contribution >= 0.6 is 0 Å². The smallest absolute Gasteiger partial charge is 0.334 e. The van der Waals surface area contributed by atoms with Crippen molar-refractivity contribution in [3.8, 4) is 23.0 Å². The van der Waals surface area contributed by atoms with Gasteiger partial charge >= 0.3 is 5.97 Å². The van der Waals surface area contributed by atoms with Crippen LogP contribution in [0.2, 0.25) is 0 Å². The second kappa shape index (κ2) is 8.69.